The van der Waals surface area contributed by atoms with Crippen molar-refractivity contribution in [2.75, 3.05) is 12.3 Å². The first kappa shape index (κ1) is 14.5. The molecule has 0 bridgehead atoms. The molecule has 0 saturated carbocycles. The van der Waals surface area contributed by atoms with Gasteiger partial charge in [-0.25, -0.2) is 9.59 Å². The molecule has 1 unspecified atom stereocenters. The third-order valence-corrected chi connectivity index (χ3v) is 2.52. The van der Waals surface area contributed by atoms with E-state index in [9.17, 15) is 9.59 Å². The van der Waals surface area contributed by atoms with Gasteiger partial charge in [-0.3, -0.25) is 0 Å². The number of carbonyl (C=O) groups excluding carboxylic acids is 2. The van der Waals surface area contributed by atoms with E-state index in [4.69, 9.17) is 15.2 Å². The van der Waals surface area contributed by atoms with E-state index < -0.39 is 18.0 Å². The Kier molecular flexibility index (Phi) is 5.15. The van der Waals surface area contributed by atoms with E-state index in [1.807, 2.05) is 0 Å². The standard InChI is InChI=1S/C12H14BrNO4/c1-3-17-11(15)7(2)18-12(16)8-4-9(13)6-10(14)5-8/h4-7H,3,14H2,1-2H3. The fourth-order valence-electron chi connectivity index (χ4n) is 1.27. The fraction of sp³-hybridized carbons (Fsp3) is 0.333. The molecule has 0 aliphatic carbocycles. The predicted molar refractivity (Wildman–Crippen MR) is 70.1 cm³/mol. The number of nitrogen functional groups attached to an aromatic ring is 1. The molecule has 98 valence electrons. The molecule has 0 radical (unpaired) electrons. The summed E-state index contributed by atoms with van der Waals surface area (Å²) in [6.45, 7) is 3.38. The smallest absolute Gasteiger partial charge is 0.347 e. The summed E-state index contributed by atoms with van der Waals surface area (Å²) in [5.74, 6) is -1.20. The Morgan fingerprint density at radius 3 is 2.61 bits per heavy atom. The highest BCUT2D eigenvalue weighted by molar-refractivity contribution is 9.10. The minimum absolute atomic E-state index is 0.241. The molecule has 18 heavy (non-hydrogen) atoms. The van der Waals surface area contributed by atoms with Crippen LogP contribution in [0.5, 0.6) is 0 Å². The quantitative estimate of drug-likeness (QED) is 0.680. The van der Waals surface area contributed by atoms with Crippen LogP contribution in [-0.4, -0.2) is 24.6 Å². The lowest BCUT2D eigenvalue weighted by Gasteiger charge is -2.12. The van der Waals surface area contributed by atoms with Crippen LogP contribution >= 0.6 is 15.9 Å². The topological polar surface area (TPSA) is 78.6 Å². The number of rotatable bonds is 4. The third-order valence-electron chi connectivity index (χ3n) is 2.06. The number of carbonyl (C=O) groups is 2. The van der Waals surface area contributed by atoms with E-state index in [1.165, 1.54) is 13.0 Å². The second-order valence-electron chi connectivity index (χ2n) is 3.57. The lowest BCUT2D eigenvalue weighted by Crippen LogP contribution is -2.26. The van der Waals surface area contributed by atoms with Crippen molar-refractivity contribution in [2.45, 2.75) is 20.0 Å². The van der Waals surface area contributed by atoms with Crippen LogP contribution in [0.25, 0.3) is 0 Å². The van der Waals surface area contributed by atoms with Crippen molar-refractivity contribution in [3.8, 4) is 0 Å². The number of benzene rings is 1. The van der Waals surface area contributed by atoms with Crippen molar-refractivity contribution in [2.24, 2.45) is 0 Å². The van der Waals surface area contributed by atoms with Crippen LogP contribution in [0.4, 0.5) is 5.69 Å². The predicted octanol–water partition coefficient (Wildman–Crippen LogP) is 2.14. The Morgan fingerprint density at radius 1 is 1.39 bits per heavy atom. The normalized spacial score (nSPS) is 11.7. The molecule has 2 N–H and O–H groups in total. The van der Waals surface area contributed by atoms with E-state index in [2.05, 4.69) is 15.9 Å². The van der Waals surface area contributed by atoms with Gasteiger partial charge < -0.3 is 15.2 Å². The Labute approximate surface area is 113 Å². The molecular weight excluding hydrogens is 302 g/mol. The van der Waals surface area contributed by atoms with Crippen molar-refractivity contribution in [1.29, 1.82) is 0 Å². The number of nitrogens with two attached hydrogens (primary N) is 1. The Balaban J connectivity index is 2.73. The summed E-state index contributed by atoms with van der Waals surface area (Å²) in [6, 6.07) is 4.70. The monoisotopic (exact) mass is 315 g/mol. The van der Waals surface area contributed by atoms with Crippen LogP contribution in [0.15, 0.2) is 22.7 Å². The molecule has 0 aromatic heterocycles. The van der Waals surface area contributed by atoms with E-state index in [1.54, 1.807) is 19.1 Å². The fourth-order valence-corrected chi connectivity index (χ4v) is 1.78. The Bertz CT molecular complexity index is 441. The van der Waals surface area contributed by atoms with Crippen LogP contribution in [0.2, 0.25) is 0 Å². The first-order valence-electron chi connectivity index (χ1n) is 5.37. The summed E-state index contributed by atoms with van der Waals surface area (Å²) < 4.78 is 10.4. The molecular formula is C12H14BrNO4. The lowest BCUT2D eigenvalue weighted by molar-refractivity contribution is -0.152. The maximum Gasteiger partial charge on any atom is 0.347 e. The van der Waals surface area contributed by atoms with Gasteiger partial charge in [-0.2, -0.15) is 0 Å². The van der Waals surface area contributed by atoms with E-state index >= 15 is 0 Å². The van der Waals surface area contributed by atoms with E-state index in [0.29, 0.717) is 10.2 Å². The summed E-state index contributed by atoms with van der Waals surface area (Å²) in [4.78, 5) is 23.1. The van der Waals surface area contributed by atoms with Crippen LogP contribution < -0.4 is 5.73 Å². The summed E-state index contributed by atoms with van der Waals surface area (Å²) in [6.07, 6.45) is -0.947. The summed E-state index contributed by atoms with van der Waals surface area (Å²) in [7, 11) is 0. The molecule has 1 aromatic rings. The van der Waals surface area contributed by atoms with E-state index in [0.717, 1.165) is 0 Å². The van der Waals surface area contributed by atoms with Crippen LogP contribution in [-0.2, 0) is 14.3 Å². The van der Waals surface area contributed by atoms with Gasteiger partial charge in [-0.1, -0.05) is 15.9 Å². The largest absolute Gasteiger partial charge is 0.463 e. The number of esters is 2. The Morgan fingerprint density at radius 2 is 2.06 bits per heavy atom. The van der Waals surface area contributed by atoms with Gasteiger partial charge >= 0.3 is 11.9 Å². The van der Waals surface area contributed by atoms with Gasteiger partial charge in [0, 0.05) is 10.2 Å². The zero-order valence-electron chi connectivity index (χ0n) is 10.1. The number of anilines is 1. The Hall–Kier alpha value is -1.56. The molecule has 0 aliphatic heterocycles. The van der Waals surface area contributed by atoms with Crippen molar-refractivity contribution in [1.82, 2.24) is 0 Å². The number of hydrogen-bond acceptors (Lipinski definition) is 5. The highest BCUT2D eigenvalue weighted by Gasteiger charge is 2.20. The number of hydrogen-bond donors (Lipinski definition) is 1. The van der Waals surface area contributed by atoms with Gasteiger partial charge in [0.1, 0.15) is 0 Å². The minimum atomic E-state index is -0.947. The average molecular weight is 316 g/mol. The molecule has 5 nitrogen and oxygen atoms in total. The van der Waals surface area contributed by atoms with E-state index in [-0.39, 0.29) is 12.2 Å². The van der Waals surface area contributed by atoms with Crippen LogP contribution in [0, 0.1) is 0 Å². The molecule has 0 fully saturated rings. The molecule has 1 aromatic carbocycles. The van der Waals surface area contributed by atoms with Crippen molar-refractivity contribution < 1.29 is 19.1 Å². The first-order chi connectivity index (χ1) is 8.43. The number of ether oxygens (including phenoxy) is 2. The average Bonchev–Trinajstić information content (AvgIpc) is 2.27. The van der Waals surface area contributed by atoms with Crippen LogP contribution in [0.1, 0.15) is 24.2 Å². The summed E-state index contributed by atoms with van der Waals surface area (Å²) in [5, 5.41) is 0. The highest BCUT2D eigenvalue weighted by atomic mass is 79.9. The molecule has 6 heteroatoms. The van der Waals surface area contributed by atoms with Crippen LogP contribution in [0.3, 0.4) is 0 Å². The third kappa shape index (κ3) is 4.03. The van der Waals surface area contributed by atoms with Gasteiger partial charge in [0.15, 0.2) is 6.10 Å². The van der Waals surface area contributed by atoms with Gasteiger partial charge in [0.05, 0.1) is 12.2 Å². The number of halogens is 1. The summed E-state index contributed by atoms with van der Waals surface area (Å²) in [5.41, 5.74) is 6.31. The van der Waals surface area contributed by atoms with Crippen molar-refractivity contribution >= 4 is 33.6 Å². The minimum Gasteiger partial charge on any atom is -0.463 e. The molecule has 1 rings (SSSR count). The van der Waals surface area contributed by atoms with Gasteiger partial charge in [0.25, 0.3) is 0 Å². The van der Waals surface area contributed by atoms with Crippen molar-refractivity contribution in [3.05, 3.63) is 28.2 Å². The van der Waals surface area contributed by atoms with Gasteiger partial charge in [-0.05, 0) is 32.0 Å². The maximum atomic E-state index is 11.8. The highest BCUT2D eigenvalue weighted by Crippen LogP contribution is 2.18. The van der Waals surface area contributed by atoms with Gasteiger partial charge in [-0.15, -0.1) is 0 Å². The molecule has 1 atom stereocenters. The maximum absolute atomic E-state index is 11.8. The SMILES string of the molecule is CCOC(=O)C(C)OC(=O)c1cc(N)cc(Br)c1. The zero-order valence-corrected chi connectivity index (χ0v) is 11.7. The second-order valence-corrected chi connectivity index (χ2v) is 4.49. The molecule has 0 spiro atoms. The first-order valence-corrected chi connectivity index (χ1v) is 6.17. The lowest BCUT2D eigenvalue weighted by atomic mass is 10.2. The molecule has 0 saturated heterocycles. The molecule has 0 aliphatic rings. The molecule has 0 heterocycles. The van der Waals surface area contributed by atoms with Gasteiger partial charge in [0.2, 0.25) is 0 Å². The summed E-state index contributed by atoms with van der Waals surface area (Å²) >= 11 is 3.22. The molecule has 0 amide bonds. The zero-order chi connectivity index (χ0) is 13.7. The second kappa shape index (κ2) is 6.39. The van der Waals surface area contributed by atoms with Crippen molar-refractivity contribution in [3.63, 3.8) is 0 Å².